The summed E-state index contributed by atoms with van der Waals surface area (Å²) >= 11 is 0. The molecule has 0 radical (unpaired) electrons. The Morgan fingerprint density at radius 2 is 1.31 bits per heavy atom. The van der Waals surface area contributed by atoms with Gasteiger partial charge in [0.25, 0.3) is 0 Å². The van der Waals surface area contributed by atoms with Gasteiger partial charge in [-0.25, -0.2) is 0 Å². The van der Waals surface area contributed by atoms with Crippen molar-refractivity contribution in [2.45, 2.75) is 58.3 Å². The molecule has 3 amide bonds. The SMILES string of the molecule is CC(NC(=O)C(C)NC(=O)C(CC(=O)O)NC(=O)C(N)C(C)C)C(=O)O. The predicted molar refractivity (Wildman–Crippen MR) is 89.8 cm³/mol. The molecule has 11 nitrogen and oxygen atoms in total. The van der Waals surface area contributed by atoms with E-state index in [0.717, 1.165) is 0 Å². The van der Waals surface area contributed by atoms with Crippen LogP contribution in [0.3, 0.4) is 0 Å². The molecule has 0 aromatic heterocycles. The fourth-order valence-corrected chi connectivity index (χ4v) is 1.73. The first-order valence-electron chi connectivity index (χ1n) is 7.98. The summed E-state index contributed by atoms with van der Waals surface area (Å²) in [7, 11) is 0. The minimum Gasteiger partial charge on any atom is -0.481 e. The van der Waals surface area contributed by atoms with E-state index in [9.17, 15) is 24.0 Å². The average Bonchev–Trinajstić information content (AvgIpc) is 2.52. The molecule has 0 spiro atoms. The summed E-state index contributed by atoms with van der Waals surface area (Å²) in [6.07, 6.45) is -0.706. The summed E-state index contributed by atoms with van der Waals surface area (Å²) in [5.41, 5.74) is 5.66. The van der Waals surface area contributed by atoms with E-state index in [0.29, 0.717) is 0 Å². The lowest BCUT2D eigenvalue weighted by molar-refractivity contribution is -0.142. The van der Waals surface area contributed by atoms with Crippen LogP contribution in [0.2, 0.25) is 0 Å². The van der Waals surface area contributed by atoms with Gasteiger partial charge in [0.2, 0.25) is 17.7 Å². The van der Waals surface area contributed by atoms with Crippen LogP contribution in [0.25, 0.3) is 0 Å². The van der Waals surface area contributed by atoms with Crippen LogP contribution in [0.15, 0.2) is 0 Å². The molecule has 0 aliphatic carbocycles. The Morgan fingerprint density at radius 1 is 0.808 bits per heavy atom. The molecule has 0 heterocycles. The molecule has 11 heteroatoms. The van der Waals surface area contributed by atoms with Crippen LogP contribution in [0.4, 0.5) is 0 Å². The maximum Gasteiger partial charge on any atom is 0.325 e. The van der Waals surface area contributed by atoms with Crippen LogP contribution >= 0.6 is 0 Å². The van der Waals surface area contributed by atoms with Crippen molar-refractivity contribution >= 4 is 29.7 Å². The van der Waals surface area contributed by atoms with Gasteiger partial charge in [0, 0.05) is 0 Å². The number of nitrogens with two attached hydrogens (primary N) is 1. The number of hydrogen-bond acceptors (Lipinski definition) is 6. The molecule has 0 bridgehead atoms. The van der Waals surface area contributed by atoms with Gasteiger partial charge in [0.15, 0.2) is 0 Å². The van der Waals surface area contributed by atoms with Crippen LogP contribution < -0.4 is 21.7 Å². The molecule has 0 fully saturated rings. The van der Waals surface area contributed by atoms with Gasteiger partial charge >= 0.3 is 11.9 Å². The molecule has 7 N–H and O–H groups in total. The molecule has 0 rings (SSSR count). The number of carboxylic acids is 2. The van der Waals surface area contributed by atoms with Crippen LogP contribution in [0, 0.1) is 5.92 Å². The molecule has 0 aromatic carbocycles. The van der Waals surface area contributed by atoms with Crippen LogP contribution in [-0.4, -0.2) is 64.0 Å². The Hall–Kier alpha value is -2.69. The highest BCUT2D eigenvalue weighted by molar-refractivity contribution is 5.95. The molecular formula is C15H26N4O7. The van der Waals surface area contributed by atoms with Gasteiger partial charge in [-0.3, -0.25) is 24.0 Å². The lowest BCUT2D eigenvalue weighted by atomic mass is 10.0. The summed E-state index contributed by atoms with van der Waals surface area (Å²) in [6.45, 7) is 5.91. The lowest BCUT2D eigenvalue weighted by Gasteiger charge is -2.23. The first kappa shape index (κ1) is 23.3. The zero-order valence-electron chi connectivity index (χ0n) is 15.1. The quantitative estimate of drug-likeness (QED) is 0.254. The third-order valence-corrected chi connectivity index (χ3v) is 3.51. The van der Waals surface area contributed by atoms with E-state index < -0.39 is 60.2 Å². The first-order valence-corrected chi connectivity index (χ1v) is 7.98. The van der Waals surface area contributed by atoms with E-state index in [1.807, 2.05) is 0 Å². The summed E-state index contributed by atoms with van der Waals surface area (Å²) in [5, 5.41) is 24.3. The normalized spacial score (nSPS) is 15.3. The first-order chi connectivity index (χ1) is 11.9. The monoisotopic (exact) mass is 374 g/mol. The summed E-state index contributed by atoms with van der Waals surface area (Å²) in [5.74, 6) is -5.19. The third kappa shape index (κ3) is 7.92. The zero-order valence-corrected chi connectivity index (χ0v) is 15.1. The number of rotatable bonds is 10. The Kier molecular flexibility index (Phi) is 9.27. The van der Waals surface area contributed by atoms with E-state index in [4.69, 9.17) is 15.9 Å². The van der Waals surface area contributed by atoms with Crippen molar-refractivity contribution in [1.29, 1.82) is 0 Å². The second kappa shape index (κ2) is 10.3. The number of carboxylic acid groups (broad SMARTS) is 2. The molecule has 148 valence electrons. The fourth-order valence-electron chi connectivity index (χ4n) is 1.73. The lowest BCUT2D eigenvalue weighted by Crippen LogP contribution is -2.57. The molecule has 26 heavy (non-hydrogen) atoms. The van der Waals surface area contributed by atoms with E-state index in [1.165, 1.54) is 13.8 Å². The molecule has 0 aliphatic rings. The maximum absolute atomic E-state index is 12.2. The number of aliphatic carboxylic acids is 2. The molecular weight excluding hydrogens is 348 g/mol. The van der Waals surface area contributed by atoms with Gasteiger partial charge in [-0.1, -0.05) is 13.8 Å². The highest BCUT2D eigenvalue weighted by atomic mass is 16.4. The Balaban J connectivity index is 4.97. The van der Waals surface area contributed by atoms with Gasteiger partial charge in [0.1, 0.15) is 18.1 Å². The number of nitrogens with one attached hydrogen (secondary N) is 3. The second-order valence-corrected chi connectivity index (χ2v) is 6.23. The van der Waals surface area contributed by atoms with Gasteiger partial charge in [-0.2, -0.15) is 0 Å². The molecule has 0 saturated heterocycles. The van der Waals surface area contributed by atoms with Crippen molar-refractivity contribution in [3.05, 3.63) is 0 Å². The van der Waals surface area contributed by atoms with E-state index in [1.54, 1.807) is 13.8 Å². The highest BCUT2D eigenvalue weighted by Crippen LogP contribution is 2.01. The van der Waals surface area contributed by atoms with Gasteiger partial charge in [0.05, 0.1) is 12.5 Å². The average molecular weight is 374 g/mol. The molecule has 0 aromatic rings. The van der Waals surface area contributed by atoms with Gasteiger partial charge < -0.3 is 31.9 Å². The maximum atomic E-state index is 12.2. The molecule has 0 aliphatic heterocycles. The fraction of sp³-hybridized carbons (Fsp3) is 0.667. The zero-order chi connectivity index (χ0) is 20.6. The van der Waals surface area contributed by atoms with Crippen LogP contribution in [-0.2, 0) is 24.0 Å². The van der Waals surface area contributed by atoms with E-state index in [-0.39, 0.29) is 5.92 Å². The van der Waals surface area contributed by atoms with E-state index >= 15 is 0 Å². The third-order valence-electron chi connectivity index (χ3n) is 3.51. The Morgan fingerprint density at radius 3 is 1.73 bits per heavy atom. The van der Waals surface area contributed by atoms with Crippen molar-refractivity contribution in [2.24, 2.45) is 11.7 Å². The van der Waals surface area contributed by atoms with Gasteiger partial charge in [-0.15, -0.1) is 0 Å². The Bertz CT molecular complexity index is 564. The Labute approximate surface area is 150 Å². The molecule has 4 atom stereocenters. The van der Waals surface area contributed by atoms with Crippen molar-refractivity contribution in [1.82, 2.24) is 16.0 Å². The smallest absolute Gasteiger partial charge is 0.325 e. The minimum atomic E-state index is -1.43. The molecule has 0 saturated carbocycles. The number of amides is 3. The number of carbonyl (C=O) groups is 5. The molecule has 4 unspecified atom stereocenters. The van der Waals surface area contributed by atoms with E-state index in [2.05, 4.69) is 16.0 Å². The van der Waals surface area contributed by atoms with Crippen molar-refractivity contribution in [3.8, 4) is 0 Å². The summed E-state index contributed by atoms with van der Waals surface area (Å²) < 4.78 is 0. The van der Waals surface area contributed by atoms with Crippen LogP contribution in [0.5, 0.6) is 0 Å². The van der Waals surface area contributed by atoms with Crippen molar-refractivity contribution in [2.75, 3.05) is 0 Å². The topological polar surface area (TPSA) is 188 Å². The predicted octanol–water partition coefficient (Wildman–Crippen LogP) is -1.98. The van der Waals surface area contributed by atoms with Crippen LogP contribution in [0.1, 0.15) is 34.1 Å². The number of carbonyl (C=O) groups excluding carboxylic acids is 3. The van der Waals surface area contributed by atoms with Crippen molar-refractivity contribution in [3.63, 3.8) is 0 Å². The standard InChI is InChI=1S/C15H26N4O7/c1-6(2)11(16)14(24)19-9(5-10(20)21)13(23)17-7(3)12(22)18-8(4)15(25)26/h6-9,11H,5,16H2,1-4H3,(H,17,23)(H,18,22)(H,19,24)(H,20,21)(H,25,26). The summed E-state index contributed by atoms with van der Waals surface area (Å²) in [4.78, 5) is 57.7. The second-order valence-electron chi connectivity index (χ2n) is 6.23. The largest absolute Gasteiger partial charge is 0.481 e. The number of hydrogen-bond donors (Lipinski definition) is 6. The van der Waals surface area contributed by atoms with Gasteiger partial charge in [-0.05, 0) is 19.8 Å². The highest BCUT2D eigenvalue weighted by Gasteiger charge is 2.29. The summed E-state index contributed by atoms with van der Waals surface area (Å²) in [6, 6.07) is -4.68. The minimum absolute atomic E-state index is 0.231. The van der Waals surface area contributed by atoms with Crippen molar-refractivity contribution < 1.29 is 34.2 Å².